The van der Waals surface area contributed by atoms with Crippen molar-refractivity contribution in [2.45, 2.75) is 11.9 Å². The summed E-state index contributed by atoms with van der Waals surface area (Å²) in [6.45, 7) is 1.89. The van der Waals surface area contributed by atoms with Crippen LogP contribution in [0.15, 0.2) is 16.6 Å². The molecule has 0 unspecified atom stereocenters. The molecule has 0 spiro atoms. The fraction of sp³-hybridized carbons (Fsp3) is 0.286. The number of halogens is 1. The first-order valence-corrected chi connectivity index (χ1v) is 7.05. The summed E-state index contributed by atoms with van der Waals surface area (Å²) in [4.78, 5) is 11.1. The molecular formula is C7H8ClN3O3S2. The topological polar surface area (TPSA) is 72.7 Å². The summed E-state index contributed by atoms with van der Waals surface area (Å²) >= 11 is 7.07. The standard InChI is InChI=1S/C7H8ClN3O3S2/c1-2-14-10-16(12,13)6-5(8)9-7-11(6)3-4-15-7/h3-4,10H,2H2,1H3. The number of nitrogens with one attached hydrogen (secondary N) is 1. The summed E-state index contributed by atoms with van der Waals surface area (Å²) in [6, 6.07) is 0. The Hall–Kier alpha value is -0.670. The van der Waals surface area contributed by atoms with Gasteiger partial charge in [0.25, 0.3) is 10.0 Å². The fourth-order valence-electron chi connectivity index (χ4n) is 1.15. The van der Waals surface area contributed by atoms with E-state index in [4.69, 9.17) is 11.6 Å². The third kappa shape index (κ3) is 1.94. The van der Waals surface area contributed by atoms with E-state index in [0.717, 1.165) is 0 Å². The summed E-state index contributed by atoms with van der Waals surface area (Å²) in [5.41, 5.74) is 0. The maximum absolute atomic E-state index is 11.8. The van der Waals surface area contributed by atoms with E-state index in [-0.39, 0.29) is 16.8 Å². The summed E-state index contributed by atoms with van der Waals surface area (Å²) in [6.07, 6.45) is 1.58. The molecule has 1 N–H and O–H groups in total. The highest BCUT2D eigenvalue weighted by atomic mass is 35.5. The van der Waals surface area contributed by atoms with Crippen LogP contribution in [0, 0.1) is 0 Å². The second-order valence-electron chi connectivity index (χ2n) is 2.78. The van der Waals surface area contributed by atoms with Crippen molar-refractivity contribution in [2.75, 3.05) is 6.61 Å². The largest absolute Gasteiger partial charge is 0.287 e. The maximum atomic E-state index is 11.8. The van der Waals surface area contributed by atoms with E-state index < -0.39 is 10.0 Å². The average molecular weight is 282 g/mol. The van der Waals surface area contributed by atoms with Gasteiger partial charge in [-0.05, 0) is 6.92 Å². The van der Waals surface area contributed by atoms with Crippen molar-refractivity contribution in [3.05, 3.63) is 16.7 Å². The number of sulfonamides is 1. The zero-order valence-electron chi connectivity index (χ0n) is 8.18. The van der Waals surface area contributed by atoms with E-state index in [0.29, 0.717) is 4.96 Å². The molecule has 0 atom stereocenters. The van der Waals surface area contributed by atoms with Crippen molar-refractivity contribution in [3.63, 3.8) is 0 Å². The third-order valence-corrected chi connectivity index (χ3v) is 4.11. The Morgan fingerprint density at radius 2 is 2.44 bits per heavy atom. The van der Waals surface area contributed by atoms with Gasteiger partial charge in [-0.1, -0.05) is 16.5 Å². The fourth-order valence-corrected chi connectivity index (χ4v) is 3.48. The van der Waals surface area contributed by atoms with Crippen LogP contribution in [0.2, 0.25) is 5.15 Å². The van der Waals surface area contributed by atoms with E-state index >= 15 is 0 Å². The number of hydrogen-bond acceptors (Lipinski definition) is 5. The van der Waals surface area contributed by atoms with Crippen molar-refractivity contribution < 1.29 is 13.3 Å². The highest BCUT2D eigenvalue weighted by Crippen LogP contribution is 2.24. The van der Waals surface area contributed by atoms with Gasteiger partial charge in [-0.3, -0.25) is 9.24 Å². The normalized spacial score (nSPS) is 12.4. The van der Waals surface area contributed by atoms with Crippen molar-refractivity contribution >= 4 is 37.9 Å². The van der Waals surface area contributed by atoms with Gasteiger partial charge in [0.1, 0.15) is 0 Å². The smallest absolute Gasteiger partial charge is 0.281 e. The summed E-state index contributed by atoms with van der Waals surface area (Å²) < 4.78 is 25.0. The minimum Gasteiger partial charge on any atom is -0.287 e. The van der Waals surface area contributed by atoms with Gasteiger partial charge < -0.3 is 0 Å². The van der Waals surface area contributed by atoms with Crippen LogP contribution in [-0.2, 0) is 14.9 Å². The Bertz CT molecular complexity index is 603. The Balaban J connectivity index is 2.53. The first-order chi connectivity index (χ1) is 7.56. The van der Waals surface area contributed by atoms with Crippen molar-refractivity contribution in [1.82, 2.24) is 14.3 Å². The van der Waals surface area contributed by atoms with Gasteiger partial charge in [0, 0.05) is 11.6 Å². The molecule has 0 aromatic carbocycles. The Kier molecular flexibility index (Phi) is 3.17. The highest BCUT2D eigenvalue weighted by molar-refractivity contribution is 7.89. The first-order valence-electron chi connectivity index (χ1n) is 4.31. The molecule has 88 valence electrons. The van der Waals surface area contributed by atoms with E-state index in [1.54, 1.807) is 18.5 Å². The lowest BCUT2D eigenvalue weighted by atomic mass is 10.9. The lowest BCUT2D eigenvalue weighted by Gasteiger charge is -2.04. The van der Waals surface area contributed by atoms with Crippen molar-refractivity contribution in [2.24, 2.45) is 0 Å². The van der Waals surface area contributed by atoms with Crippen molar-refractivity contribution in [3.8, 4) is 0 Å². The molecule has 2 rings (SSSR count). The van der Waals surface area contributed by atoms with Crippen LogP contribution >= 0.6 is 22.9 Å². The van der Waals surface area contributed by atoms with Gasteiger partial charge >= 0.3 is 0 Å². The molecule has 0 saturated carbocycles. The highest BCUT2D eigenvalue weighted by Gasteiger charge is 2.24. The van der Waals surface area contributed by atoms with Gasteiger partial charge in [-0.15, -0.1) is 11.3 Å². The van der Waals surface area contributed by atoms with Gasteiger partial charge in [-0.2, -0.15) is 0 Å². The van der Waals surface area contributed by atoms with Crippen LogP contribution in [0.3, 0.4) is 0 Å². The van der Waals surface area contributed by atoms with Crippen LogP contribution in [0.5, 0.6) is 0 Å². The molecule has 2 aromatic heterocycles. The molecule has 0 saturated heterocycles. The number of nitrogens with zero attached hydrogens (tertiary/aromatic N) is 2. The zero-order valence-corrected chi connectivity index (χ0v) is 10.6. The summed E-state index contributed by atoms with van der Waals surface area (Å²) in [7, 11) is -3.80. The lowest BCUT2D eigenvalue weighted by molar-refractivity contribution is 0.105. The first kappa shape index (κ1) is 11.8. The van der Waals surface area contributed by atoms with Gasteiger partial charge in [-0.25, -0.2) is 13.4 Å². The molecule has 16 heavy (non-hydrogen) atoms. The Morgan fingerprint density at radius 3 is 3.12 bits per heavy atom. The van der Waals surface area contributed by atoms with Gasteiger partial charge in [0.05, 0.1) is 6.61 Å². The second-order valence-corrected chi connectivity index (χ2v) is 5.57. The molecule has 6 nitrogen and oxygen atoms in total. The molecule has 0 bridgehead atoms. The Morgan fingerprint density at radius 1 is 1.69 bits per heavy atom. The second kappa shape index (κ2) is 4.30. The average Bonchev–Trinajstić information content (AvgIpc) is 2.73. The number of imidazole rings is 1. The molecule has 2 aromatic rings. The monoisotopic (exact) mass is 281 g/mol. The minimum atomic E-state index is -3.80. The number of thiazole rings is 1. The van der Waals surface area contributed by atoms with E-state index in [9.17, 15) is 8.42 Å². The number of fused-ring (bicyclic) bond motifs is 1. The molecule has 0 amide bonds. The Labute approximate surface area is 101 Å². The molecule has 0 aliphatic rings. The number of rotatable bonds is 4. The zero-order chi connectivity index (χ0) is 11.8. The number of aromatic nitrogens is 2. The number of hydrogen-bond donors (Lipinski definition) is 1. The van der Waals surface area contributed by atoms with Crippen LogP contribution in [0.25, 0.3) is 4.96 Å². The molecule has 0 aliphatic carbocycles. The van der Waals surface area contributed by atoms with Crippen LogP contribution in [0.4, 0.5) is 0 Å². The third-order valence-electron chi connectivity index (χ3n) is 1.75. The molecule has 0 radical (unpaired) electrons. The SMILES string of the molecule is CCONS(=O)(=O)c1c(Cl)nc2sccn12. The van der Waals surface area contributed by atoms with Crippen molar-refractivity contribution in [1.29, 1.82) is 0 Å². The quantitative estimate of drug-likeness (QED) is 0.857. The predicted molar refractivity (Wildman–Crippen MR) is 60.0 cm³/mol. The van der Waals surface area contributed by atoms with E-state index in [1.807, 2.05) is 4.89 Å². The molecule has 0 fully saturated rings. The lowest BCUT2D eigenvalue weighted by Crippen LogP contribution is -2.25. The molecule has 0 aliphatic heterocycles. The molecule has 2 heterocycles. The van der Waals surface area contributed by atoms with Gasteiger partial charge in [0.15, 0.2) is 15.1 Å². The predicted octanol–water partition coefficient (Wildman–Crippen LogP) is 1.28. The molecule has 9 heteroatoms. The van der Waals surface area contributed by atoms with E-state index in [2.05, 4.69) is 9.82 Å². The van der Waals surface area contributed by atoms with Crippen LogP contribution in [0.1, 0.15) is 6.92 Å². The summed E-state index contributed by atoms with van der Waals surface area (Å²) in [5, 5.41) is 1.54. The minimum absolute atomic E-state index is 0.0703. The van der Waals surface area contributed by atoms with Gasteiger partial charge in [0.2, 0.25) is 0 Å². The van der Waals surface area contributed by atoms with Crippen LogP contribution < -0.4 is 4.89 Å². The van der Waals surface area contributed by atoms with Crippen LogP contribution in [-0.4, -0.2) is 24.4 Å². The maximum Gasteiger partial charge on any atom is 0.281 e. The molecular weight excluding hydrogens is 274 g/mol. The summed E-state index contributed by atoms with van der Waals surface area (Å²) in [5.74, 6) is 0. The van der Waals surface area contributed by atoms with E-state index in [1.165, 1.54) is 15.7 Å².